The highest BCUT2D eigenvalue weighted by Gasteiger charge is 2.11. The van der Waals surface area contributed by atoms with Gasteiger partial charge in [-0.15, -0.1) is 0 Å². The third-order valence-electron chi connectivity index (χ3n) is 5.05. The van der Waals surface area contributed by atoms with Crippen molar-refractivity contribution >= 4 is 24.2 Å². The topological polar surface area (TPSA) is 136 Å². The number of carbonyl (C=O) groups is 2. The first-order valence-electron chi connectivity index (χ1n) is 11.6. The fraction of sp³-hybridized carbons (Fsp3) is 0.222. The van der Waals surface area contributed by atoms with E-state index in [2.05, 4.69) is 25.6 Å². The van der Waals surface area contributed by atoms with Crippen LogP contribution >= 0.6 is 0 Å². The summed E-state index contributed by atoms with van der Waals surface area (Å²) in [7, 11) is 0. The number of benzene rings is 2. The molecule has 2 amide bonds. The first-order chi connectivity index (χ1) is 17.5. The van der Waals surface area contributed by atoms with Gasteiger partial charge in [0.25, 0.3) is 11.8 Å². The van der Waals surface area contributed by atoms with Crippen LogP contribution in [0.4, 0.5) is 0 Å². The van der Waals surface area contributed by atoms with E-state index >= 15 is 0 Å². The first-order valence-corrected chi connectivity index (χ1v) is 11.6. The van der Waals surface area contributed by atoms with Crippen molar-refractivity contribution < 1.29 is 19.8 Å². The summed E-state index contributed by atoms with van der Waals surface area (Å²) in [6.45, 7) is 1.77. The summed E-state index contributed by atoms with van der Waals surface area (Å²) in [5.74, 6) is -0.398. The molecule has 3 aromatic rings. The largest absolute Gasteiger partial charge is 0.507 e. The number of hydrogen-bond donors (Lipinski definition) is 4. The van der Waals surface area contributed by atoms with Crippen LogP contribution in [0.25, 0.3) is 0 Å². The number of nitrogens with one attached hydrogen (secondary N) is 2. The molecule has 0 saturated heterocycles. The number of aromatic nitrogens is 1. The molecular formula is C27H29N5O4. The van der Waals surface area contributed by atoms with Crippen LogP contribution < -0.4 is 10.6 Å². The fourth-order valence-corrected chi connectivity index (χ4v) is 3.13. The highest BCUT2D eigenvalue weighted by Crippen LogP contribution is 2.13. The van der Waals surface area contributed by atoms with Crippen molar-refractivity contribution in [1.82, 2.24) is 15.6 Å². The van der Waals surface area contributed by atoms with Crippen LogP contribution in [0.2, 0.25) is 0 Å². The number of para-hydroxylation sites is 2. The summed E-state index contributed by atoms with van der Waals surface area (Å²) in [4.78, 5) is 37.4. The highest BCUT2D eigenvalue weighted by molar-refractivity contribution is 5.96. The minimum absolute atomic E-state index is 0.160. The van der Waals surface area contributed by atoms with Crippen LogP contribution in [-0.2, 0) is 0 Å². The molecule has 0 radical (unpaired) electrons. The SMILES string of the molecule is O=C(NCCCN=Cc1ccccc1O)c1cccc(C(=O)NCCCN=Cc2ccccc2O)n1. The molecule has 0 bridgehead atoms. The molecule has 4 N–H and O–H groups in total. The fourth-order valence-electron chi connectivity index (χ4n) is 3.13. The number of aromatic hydroxyl groups is 2. The normalized spacial score (nSPS) is 11.1. The van der Waals surface area contributed by atoms with Crippen molar-refractivity contribution in [3.8, 4) is 11.5 Å². The number of phenolic OH excluding ortho intramolecular Hbond substituents is 2. The van der Waals surface area contributed by atoms with Gasteiger partial charge in [0.1, 0.15) is 22.9 Å². The average Bonchev–Trinajstić information content (AvgIpc) is 2.90. The van der Waals surface area contributed by atoms with Crippen LogP contribution in [-0.4, -0.2) is 65.6 Å². The van der Waals surface area contributed by atoms with Gasteiger partial charge in [0, 0.05) is 49.7 Å². The van der Waals surface area contributed by atoms with E-state index in [-0.39, 0.29) is 34.7 Å². The Morgan fingerprint density at radius 2 is 1.14 bits per heavy atom. The lowest BCUT2D eigenvalue weighted by Crippen LogP contribution is -2.29. The second kappa shape index (κ2) is 14.0. The Balaban J connectivity index is 1.36. The van der Waals surface area contributed by atoms with E-state index < -0.39 is 0 Å². The second-order valence-corrected chi connectivity index (χ2v) is 7.82. The van der Waals surface area contributed by atoms with Crippen molar-refractivity contribution in [1.29, 1.82) is 0 Å². The molecular weight excluding hydrogens is 458 g/mol. The van der Waals surface area contributed by atoms with Crippen LogP contribution in [0, 0.1) is 0 Å². The number of carbonyl (C=O) groups excluding carboxylic acids is 2. The zero-order chi connectivity index (χ0) is 25.6. The lowest BCUT2D eigenvalue weighted by atomic mass is 10.2. The lowest BCUT2D eigenvalue weighted by molar-refractivity contribution is 0.0944. The third kappa shape index (κ3) is 8.35. The summed E-state index contributed by atoms with van der Waals surface area (Å²) in [5.41, 5.74) is 1.60. The van der Waals surface area contributed by atoms with Gasteiger partial charge in [-0.25, -0.2) is 4.98 Å². The van der Waals surface area contributed by atoms with Gasteiger partial charge in [-0.05, 0) is 49.2 Å². The van der Waals surface area contributed by atoms with Gasteiger partial charge in [-0.2, -0.15) is 0 Å². The molecule has 186 valence electrons. The summed E-state index contributed by atoms with van der Waals surface area (Å²) >= 11 is 0. The van der Waals surface area contributed by atoms with Crippen LogP contribution in [0.3, 0.4) is 0 Å². The molecule has 0 aliphatic rings. The van der Waals surface area contributed by atoms with E-state index in [1.165, 1.54) is 0 Å². The lowest BCUT2D eigenvalue weighted by Gasteiger charge is -2.07. The van der Waals surface area contributed by atoms with E-state index in [0.29, 0.717) is 50.1 Å². The Morgan fingerprint density at radius 1 is 0.694 bits per heavy atom. The van der Waals surface area contributed by atoms with E-state index in [1.807, 2.05) is 12.1 Å². The van der Waals surface area contributed by atoms with E-state index in [1.54, 1.807) is 67.0 Å². The first kappa shape index (κ1) is 26.1. The van der Waals surface area contributed by atoms with E-state index in [4.69, 9.17) is 0 Å². The number of phenols is 2. The zero-order valence-corrected chi connectivity index (χ0v) is 19.8. The molecule has 0 fully saturated rings. The van der Waals surface area contributed by atoms with E-state index in [9.17, 15) is 19.8 Å². The highest BCUT2D eigenvalue weighted by atomic mass is 16.3. The number of pyridine rings is 1. The Bertz CT molecular complexity index is 1140. The molecule has 0 aliphatic carbocycles. The quantitative estimate of drug-likeness (QED) is 0.230. The zero-order valence-electron chi connectivity index (χ0n) is 19.8. The van der Waals surface area contributed by atoms with Gasteiger partial charge >= 0.3 is 0 Å². The maximum atomic E-state index is 12.4. The predicted octanol–water partition coefficient (Wildman–Crippen LogP) is 2.97. The van der Waals surface area contributed by atoms with Crippen LogP contribution in [0.1, 0.15) is 44.9 Å². The van der Waals surface area contributed by atoms with Gasteiger partial charge in [0.05, 0.1) is 0 Å². The van der Waals surface area contributed by atoms with Crippen molar-refractivity contribution in [2.45, 2.75) is 12.8 Å². The summed E-state index contributed by atoms with van der Waals surface area (Å²) in [5, 5.41) is 25.0. The molecule has 0 saturated carbocycles. The van der Waals surface area contributed by atoms with Gasteiger partial charge < -0.3 is 20.8 Å². The Kier molecular flexibility index (Phi) is 10.1. The predicted molar refractivity (Wildman–Crippen MR) is 139 cm³/mol. The van der Waals surface area contributed by atoms with Crippen LogP contribution in [0.15, 0.2) is 76.7 Å². The standard InChI is InChI=1S/C27H29N5O4/c33-24-12-3-1-8-20(24)18-28-14-6-16-30-26(35)22-10-5-11-23(32-22)27(36)31-17-7-15-29-19-21-9-2-4-13-25(21)34/h1-5,8-13,18-19,33-34H,6-7,14-17H2,(H,30,35)(H,31,36). The minimum atomic E-state index is -0.368. The Labute approximate surface area is 209 Å². The number of rotatable bonds is 12. The van der Waals surface area contributed by atoms with Crippen molar-refractivity contribution in [3.05, 3.63) is 89.2 Å². The van der Waals surface area contributed by atoms with Gasteiger partial charge in [0.2, 0.25) is 0 Å². The summed E-state index contributed by atoms with van der Waals surface area (Å²) in [6, 6.07) is 18.6. The molecule has 9 nitrogen and oxygen atoms in total. The molecule has 0 atom stereocenters. The van der Waals surface area contributed by atoms with Gasteiger partial charge in [-0.1, -0.05) is 30.3 Å². The summed E-state index contributed by atoms with van der Waals surface area (Å²) < 4.78 is 0. The molecule has 1 heterocycles. The Morgan fingerprint density at radius 3 is 1.58 bits per heavy atom. The van der Waals surface area contributed by atoms with Crippen molar-refractivity contribution in [2.24, 2.45) is 9.98 Å². The monoisotopic (exact) mass is 487 g/mol. The summed E-state index contributed by atoms with van der Waals surface area (Å²) in [6.07, 6.45) is 4.42. The van der Waals surface area contributed by atoms with Gasteiger partial charge in [0.15, 0.2) is 0 Å². The maximum Gasteiger partial charge on any atom is 0.269 e. The average molecular weight is 488 g/mol. The molecule has 0 unspecified atom stereocenters. The smallest absolute Gasteiger partial charge is 0.269 e. The molecule has 2 aromatic carbocycles. The molecule has 0 aliphatic heterocycles. The van der Waals surface area contributed by atoms with E-state index in [0.717, 1.165) is 0 Å². The third-order valence-corrected chi connectivity index (χ3v) is 5.05. The Hall–Kier alpha value is -4.53. The minimum Gasteiger partial charge on any atom is -0.507 e. The number of aliphatic imine (C=N–C) groups is 2. The molecule has 36 heavy (non-hydrogen) atoms. The molecule has 1 aromatic heterocycles. The molecule has 9 heteroatoms. The second-order valence-electron chi connectivity index (χ2n) is 7.82. The van der Waals surface area contributed by atoms with Crippen LogP contribution in [0.5, 0.6) is 11.5 Å². The van der Waals surface area contributed by atoms with Gasteiger partial charge in [-0.3, -0.25) is 19.6 Å². The maximum absolute atomic E-state index is 12.4. The molecule has 3 rings (SSSR count). The van der Waals surface area contributed by atoms with Crippen molar-refractivity contribution in [2.75, 3.05) is 26.2 Å². The number of nitrogens with zero attached hydrogens (tertiary/aromatic N) is 3. The number of amides is 2. The number of hydrogen-bond acceptors (Lipinski definition) is 7. The van der Waals surface area contributed by atoms with Crippen molar-refractivity contribution in [3.63, 3.8) is 0 Å². The molecule has 0 spiro atoms.